The van der Waals surface area contributed by atoms with E-state index in [4.69, 9.17) is 4.42 Å². The molecule has 1 aliphatic rings. The molecule has 0 radical (unpaired) electrons. The average Bonchev–Trinajstić information content (AvgIpc) is 3.35. The zero-order chi connectivity index (χ0) is 20.4. The third-order valence-corrected chi connectivity index (χ3v) is 5.31. The first-order chi connectivity index (χ1) is 14.0. The number of aryl methyl sites for hydroxylation is 1. The molecule has 8 nitrogen and oxygen atoms in total. The largest absolute Gasteiger partial charge is 0.451 e. The van der Waals surface area contributed by atoms with Crippen LogP contribution in [0.4, 0.5) is 0 Å². The molecule has 29 heavy (non-hydrogen) atoms. The Morgan fingerprint density at radius 1 is 1.31 bits per heavy atom. The van der Waals surface area contributed by atoms with Crippen LogP contribution in [0.3, 0.4) is 0 Å². The van der Waals surface area contributed by atoms with Gasteiger partial charge in [-0.05, 0) is 32.0 Å². The van der Waals surface area contributed by atoms with Gasteiger partial charge in [-0.15, -0.1) is 0 Å². The highest BCUT2D eigenvalue weighted by atomic mass is 16.3. The highest BCUT2D eigenvalue weighted by Crippen LogP contribution is 2.21. The molecule has 0 spiro atoms. The smallest absolute Gasteiger partial charge is 0.287 e. The average molecular weight is 395 g/mol. The third kappa shape index (κ3) is 4.02. The van der Waals surface area contributed by atoms with E-state index >= 15 is 0 Å². The Labute approximate surface area is 168 Å². The van der Waals surface area contributed by atoms with Crippen LogP contribution >= 0.6 is 0 Å². The van der Waals surface area contributed by atoms with Crippen LogP contribution in [0.2, 0.25) is 0 Å². The molecule has 152 valence electrons. The minimum Gasteiger partial charge on any atom is -0.451 e. The van der Waals surface area contributed by atoms with Gasteiger partial charge in [0.15, 0.2) is 5.76 Å². The summed E-state index contributed by atoms with van der Waals surface area (Å²) in [5.41, 5.74) is 1.51. The number of hydrogen-bond donors (Lipinski definition) is 2. The monoisotopic (exact) mass is 395 g/mol. The van der Waals surface area contributed by atoms with Gasteiger partial charge >= 0.3 is 0 Å². The number of hydrogen-bond acceptors (Lipinski definition) is 5. The summed E-state index contributed by atoms with van der Waals surface area (Å²) >= 11 is 0. The van der Waals surface area contributed by atoms with E-state index < -0.39 is 6.04 Å². The second-order valence-electron chi connectivity index (χ2n) is 7.41. The lowest BCUT2D eigenvalue weighted by Crippen LogP contribution is -2.51. The lowest BCUT2D eigenvalue weighted by Gasteiger charge is -2.35. The number of rotatable bonds is 5. The number of carbonyl (C=O) groups excluding carboxylic acids is 2. The normalized spacial score (nSPS) is 18.0. The Kier molecular flexibility index (Phi) is 5.35. The highest BCUT2D eigenvalue weighted by molar-refractivity contribution is 5.96. The molecular weight excluding hydrogens is 370 g/mol. The Bertz CT molecular complexity index is 991. The highest BCUT2D eigenvalue weighted by Gasteiger charge is 2.30. The standard InChI is InChI=1S/C21H25N5O3/c1-22-19(15-11-23-25(2)12-15)21(28)26-9-5-7-16(13-26)24-20(27)18-10-14-6-3-4-8-17(14)29-18/h3-4,6,8,10-12,16,19,22H,5,7,9,13H2,1-2H3,(H,24,27). The van der Waals surface area contributed by atoms with Gasteiger partial charge in [-0.1, -0.05) is 18.2 Å². The van der Waals surface area contributed by atoms with Crippen LogP contribution in [-0.4, -0.2) is 52.7 Å². The van der Waals surface area contributed by atoms with Crippen molar-refractivity contribution >= 4 is 22.8 Å². The molecule has 2 amide bonds. The van der Waals surface area contributed by atoms with Crippen molar-refractivity contribution in [3.8, 4) is 0 Å². The van der Waals surface area contributed by atoms with Crippen molar-refractivity contribution in [1.29, 1.82) is 0 Å². The van der Waals surface area contributed by atoms with E-state index in [-0.39, 0.29) is 23.6 Å². The van der Waals surface area contributed by atoms with Crippen LogP contribution in [-0.2, 0) is 11.8 Å². The number of benzene rings is 1. The fraction of sp³-hybridized carbons (Fsp3) is 0.381. The number of nitrogens with zero attached hydrogens (tertiary/aromatic N) is 3. The van der Waals surface area contributed by atoms with Crippen LogP contribution in [0.25, 0.3) is 11.0 Å². The fourth-order valence-electron chi connectivity index (χ4n) is 3.85. The van der Waals surface area contributed by atoms with E-state index in [1.54, 1.807) is 28.9 Å². The number of fused-ring (bicyclic) bond motifs is 1. The molecule has 1 saturated heterocycles. The first-order valence-electron chi connectivity index (χ1n) is 9.79. The molecule has 8 heteroatoms. The van der Waals surface area contributed by atoms with Crippen molar-refractivity contribution in [2.75, 3.05) is 20.1 Å². The van der Waals surface area contributed by atoms with Crippen LogP contribution in [0.15, 0.2) is 47.1 Å². The molecule has 4 rings (SSSR count). The summed E-state index contributed by atoms with van der Waals surface area (Å²) in [5, 5.41) is 11.1. The number of nitrogens with one attached hydrogen (secondary N) is 2. The summed E-state index contributed by atoms with van der Waals surface area (Å²) in [7, 11) is 3.59. The summed E-state index contributed by atoms with van der Waals surface area (Å²) in [6.45, 7) is 1.15. The number of likely N-dealkylation sites (tertiary alicyclic amines) is 1. The molecule has 0 bridgehead atoms. The minimum atomic E-state index is -0.450. The molecule has 2 aromatic heterocycles. The summed E-state index contributed by atoms with van der Waals surface area (Å²) in [6, 6.07) is 8.71. The van der Waals surface area contributed by atoms with Gasteiger partial charge in [0.25, 0.3) is 5.91 Å². The molecule has 1 fully saturated rings. The van der Waals surface area contributed by atoms with Crippen molar-refractivity contribution < 1.29 is 14.0 Å². The maximum Gasteiger partial charge on any atom is 0.287 e. The Hall–Kier alpha value is -3.13. The number of carbonyl (C=O) groups is 2. The van der Waals surface area contributed by atoms with Crippen molar-refractivity contribution in [1.82, 2.24) is 25.3 Å². The molecule has 3 aromatic rings. The van der Waals surface area contributed by atoms with Gasteiger partial charge in [-0.2, -0.15) is 5.10 Å². The van der Waals surface area contributed by atoms with E-state index in [2.05, 4.69) is 15.7 Å². The van der Waals surface area contributed by atoms with Crippen LogP contribution in [0, 0.1) is 0 Å². The van der Waals surface area contributed by atoms with E-state index in [0.717, 1.165) is 23.8 Å². The second-order valence-corrected chi connectivity index (χ2v) is 7.41. The number of likely N-dealkylation sites (N-methyl/N-ethyl adjacent to an activating group) is 1. The maximum atomic E-state index is 13.1. The topological polar surface area (TPSA) is 92.4 Å². The number of piperidine rings is 1. The quantitative estimate of drug-likeness (QED) is 0.688. The number of para-hydroxylation sites is 1. The summed E-state index contributed by atoms with van der Waals surface area (Å²) in [6.07, 6.45) is 5.20. The molecule has 0 saturated carbocycles. The van der Waals surface area contributed by atoms with E-state index in [0.29, 0.717) is 18.7 Å². The van der Waals surface area contributed by atoms with Crippen LogP contribution in [0.1, 0.15) is 35.0 Å². The Balaban J connectivity index is 1.42. The van der Waals surface area contributed by atoms with Gasteiger partial charge < -0.3 is 20.0 Å². The van der Waals surface area contributed by atoms with E-state index in [1.807, 2.05) is 37.5 Å². The first-order valence-corrected chi connectivity index (χ1v) is 9.79. The Morgan fingerprint density at radius 3 is 2.86 bits per heavy atom. The van der Waals surface area contributed by atoms with Crippen molar-refractivity contribution in [3.05, 3.63) is 54.0 Å². The summed E-state index contributed by atoms with van der Waals surface area (Å²) in [5.74, 6) is 0.0271. The first kappa shape index (κ1) is 19.2. The summed E-state index contributed by atoms with van der Waals surface area (Å²) < 4.78 is 7.33. The molecule has 1 aromatic carbocycles. The molecular formula is C21H25N5O3. The predicted molar refractivity (Wildman–Crippen MR) is 108 cm³/mol. The molecule has 3 heterocycles. The summed E-state index contributed by atoms with van der Waals surface area (Å²) in [4.78, 5) is 27.5. The number of furan rings is 1. The van der Waals surface area contributed by atoms with Gasteiger partial charge in [-0.3, -0.25) is 14.3 Å². The zero-order valence-corrected chi connectivity index (χ0v) is 16.6. The molecule has 2 unspecified atom stereocenters. The van der Waals surface area contributed by atoms with E-state index in [9.17, 15) is 9.59 Å². The fourth-order valence-corrected chi connectivity index (χ4v) is 3.85. The van der Waals surface area contributed by atoms with Gasteiger partial charge in [0, 0.05) is 43.3 Å². The molecule has 0 aliphatic carbocycles. The van der Waals surface area contributed by atoms with Crippen LogP contribution < -0.4 is 10.6 Å². The lowest BCUT2D eigenvalue weighted by molar-refractivity contribution is -0.134. The second kappa shape index (κ2) is 8.08. The maximum absolute atomic E-state index is 13.1. The number of aromatic nitrogens is 2. The number of amides is 2. The van der Waals surface area contributed by atoms with Crippen molar-refractivity contribution in [3.63, 3.8) is 0 Å². The van der Waals surface area contributed by atoms with Gasteiger partial charge in [0.05, 0.1) is 6.20 Å². The molecule has 1 aliphatic heterocycles. The molecule has 2 atom stereocenters. The zero-order valence-electron chi connectivity index (χ0n) is 16.6. The Morgan fingerprint density at radius 2 is 2.14 bits per heavy atom. The van der Waals surface area contributed by atoms with Gasteiger partial charge in [0.2, 0.25) is 5.91 Å². The van der Waals surface area contributed by atoms with E-state index in [1.165, 1.54) is 0 Å². The van der Waals surface area contributed by atoms with Crippen molar-refractivity contribution in [2.24, 2.45) is 7.05 Å². The third-order valence-electron chi connectivity index (χ3n) is 5.31. The molecule has 2 N–H and O–H groups in total. The van der Waals surface area contributed by atoms with Gasteiger partial charge in [0.1, 0.15) is 11.6 Å². The van der Waals surface area contributed by atoms with Gasteiger partial charge in [-0.25, -0.2) is 0 Å². The van der Waals surface area contributed by atoms with Crippen molar-refractivity contribution in [2.45, 2.75) is 24.9 Å². The predicted octanol–water partition coefficient (Wildman–Crippen LogP) is 1.85. The minimum absolute atomic E-state index is 0.0109. The van der Waals surface area contributed by atoms with Crippen LogP contribution in [0.5, 0.6) is 0 Å². The lowest BCUT2D eigenvalue weighted by atomic mass is 10.0. The SMILES string of the molecule is CNC(C(=O)N1CCCC(NC(=O)c2cc3ccccc3o2)C1)c1cnn(C)c1.